The first-order valence-electron chi connectivity index (χ1n) is 11.6. The number of methoxy groups -OCH3 is 1. The van der Waals surface area contributed by atoms with Crippen LogP contribution in [0.5, 0.6) is 5.75 Å². The summed E-state index contributed by atoms with van der Waals surface area (Å²) >= 11 is 0. The van der Waals surface area contributed by atoms with Crippen LogP contribution in [0.4, 0.5) is 5.69 Å². The summed E-state index contributed by atoms with van der Waals surface area (Å²) in [6, 6.07) is 11.7. The van der Waals surface area contributed by atoms with Crippen LogP contribution in [-0.4, -0.2) is 57.1 Å². The van der Waals surface area contributed by atoms with Crippen LogP contribution < -0.4 is 14.4 Å². The Hall–Kier alpha value is -3.07. The van der Waals surface area contributed by atoms with Gasteiger partial charge in [-0.15, -0.1) is 0 Å². The van der Waals surface area contributed by atoms with E-state index < -0.39 is 28.5 Å². The van der Waals surface area contributed by atoms with Crippen molar-refractivity contribution < 1.29 is 22.7 Å². The van der Waals surface area contributed by atoms with Crippen molar-refractivity contribution in [1.82, 2.24) is 10.2 Å². The summed E-state index contributed by atoms with van der Waals surface area (Å²) in [7, 11) is -2.20. The van der Waals surface area contributed by atoms with E-state index in [1.807, 2.05) is 52.0 Å². The highest BCUT2D eigenvalue weighted by Gasteiger charge is 2.30. The molecule has 2 rings (SSSR count). The number of rotatable bonds is 11. The maximum atomic E-state index is 13.6. The minimum absolute atomic E-state index is 0.0504. The molecule has 2 aromatic carbocycles. The number of hydrogen-bond acceptors (Lipinski definition) is 5. The molecule has 9 heteroatoms. The molecule has 2 aromatic rings. The van der Waals surface area contributed by atoms with E-state index in [4.69, 9.17) is 4.74 Å². The largest absolute Gasteiger partial charge is 0.497 e. The summed E-state index contributed by atoms with van der Waals surface area (Å²) in [5.41, 5.74) is 2.96. The van der Waals surface area contributed by atoms with Crippen LogP contribution in [0.15, 0.2) is 42.5 Å². The Balaban J connectivity index is 2.41. The molecule has 2 amide bonds. The lowest BCUT2D eigenvalue weighted by molar-refractivity contribution is -0.139. The quantitative estimate of drug-likeness (QED) is 0.507. The highest BCUT2D eigenvalue weighted by Crippen LogP contribution is 2.24. The van der Waals surface area contributed by atoms with Gasteiger partial charge < -0.3 is 15.0 Å². The van der Waals surface area contributed by atoms with Crippen LogP contribution in [0, 0.1) is 13.8 Å². The SMILES string of the molecule is CCC(C)NC(=O)C(C)N(Cc1ccc(OC)cc1)C(=O)CN(c1ccc(C)cc1C)S(C)(=O)=O. The zero-order valence-electron chi connectivity index (χ0n) is 21.7. The maximum Gasteiger partial charge on any atom is 0.244 e. The molecule has 0 aliphatic heterocycles. The number of anilines is 1. The van der Waals surface area contributed by atoms with Crippen LogP contribution in [0.2, 0.25) is 0 Å². The molecule has 8 nitrogen and oxygen atoms in total. The summed E-state index contributed by atoms with van der Waals surface area (Å²) < 4.78 is 31.7. The number of nitrogens with one attached hydrogen (secondary N) is 1. The van der Waals surface area contributed by atoms with Gasteiger partial charge in [-0.2, -0.15) is 0 Å². The van der Waals surface area contributed by atoms with Crippen molar-refractivity contribution in [3.8, 4) is 5.75 Å². The van der Waals surface area contributed by atoms with Crippen molar-refractivity contribution >= 4 is 27.5 Å². The second-order valence-electron chi connectivity index (χ2n) is 8.92. The standard InChI is InChI=1S/C26H37N3O5S/c1-8-20(4)27-26(31)21(5)28(16-22-10-12-23(34-6)13-11-22)25(30)17-29(35(7,32)33)24-14-9-18(2)15-19(24)3/h9-15,20-21H,8,16-17H2,1-7H3,(H,27,31). The normalized spacial score (nSPS) is 13.0. The van der Waals surface area contributed by atoms with E-state index in [0.717, 1.165) is 33.7 Å². The third-order valence-corrected chi connectivity index (χ3v) is 7.11. The minimum Gasteiger partial charge on any atom is -0.497 e. The Morgan fingerprint density at radius 2 is 1.69 bits per heavy atom. The van der Waals surface area contributed by atoms with Crippen molar-refractivity contribution in [3.05, 3.63) is 59.2 Å². The predicted octanol–water partition coefficient (Wildman–Crippen LogP) is 3.41. The Morgan fingerprint density at radius 3 is 2.20 bits per heavy atom. The molecule has 0 saturated carbocycles. The fraction of sp³-hybridized carbons (Fsp3) is 0.462. The number of carbonyl (C=O) groups excluding carboxylic acids is 2. The second-order valence-corrected chi connectivity index (χ2v) is 10.8. The Labute approximate surface area is 209 Å². The van der Waals surface area contributed by atoms with Gasteiger partial charge in [0.25, 0.3) is 0 Å². The molecule has 2 atom stereocenters. The first-order chi connectivity index (χ1) is 16.4. The molecule has 192 valence electrons. The molecular weight excluding hydrogens is 466 g/mol. The molecule has 0 bridgehead atoms. The molecule has 2 unspecified atom stereocenters. The fourth-order valence-electron chi connectivity index (χ4n) is 3.66. The van der Waals surface area contributed by atoms with Crippen molar-refractivity contribution in [3.63, 3.8) is 0 Å². The molecule has 0 saturated heterocycles. The Kier molecular flexibility index (Phi) is 9.71. The number of aryl methyl sites for hydroxylation is 2. The predicted molar refractivity (Wildman–Crippen MR) is 139 cm³/mol. The lowest BCUT2D eigenvalue weighted by Crippen LogP contribution is -2.52. The first kappa shape index (κ1) is 28.2. The third-order valence-electron chi connectivity index (χ3n) is 5.98. The van der Waals surface area contributed by atoms with Crippen LogP contribution in [0.25, 0.3) is 0 Å². The van der Waals surface area contributed by atoms with Crippen LogP contribution in [0.1, 0.15) is 43.9 Å². The molecule has 0 spiro atoms. The molecule has 0 heterocycles. The summed E-state index contributed by atoms with van der Waals surface area (Å²) in [5.74, 6) is -0.0936. The van der Waals surface area contributed by atoms with Crippen molar-refractivity contribution in [1.29, 1.82) is 0 Å². The smallest absolute Gasteiger partial charge is 0.244 e. The highest BCUT2D eigenvalue weighted by atomic mass is 32.2. The number of amides is 2. The molecule has 0 aliphatic carbocycles. The van der Waals surface area contributed by atoms with Crippen molar-refractivity contribution in [2.75, 3.05) is 24.2 Å². The lowest BCUT2D eigenvalue weighted by Gasteiger charge is -2.32. The Bertz CT molecular complexity index is 1130. The van der Waals surface area contributed by atoms with E-state index >= 15 is 0 Å². The average molecular weight is 504 g/mol. The van der Waals surface area contributed by atoms with E-state index in [1.165, 1.54) is 4.90 Å². The molecule has 0 fully saturated rings. The molecule has 35 heavy (non-hydrogen) atoms. The molecular formula is C26H37N3O5S. The van der Waals surface area contributed by atoms with Gasteiger partial charge in [0.2, 0.25) is 21.8 Å². The fourth-order valence-corrected chi connectivity index (χ4v) is 4.56. The van der Waals surface area contributed by atoms with Crippen LogP contribution in [-0.2, 0) is 26.2 Å². The van der Waals surface area contributed by atoms with Gasteiger partial charge in [0, 0.05) is 12.6 Å². The number of sulfonamides is 1. The average Bonchev–Trinajstić information content (AvgIpc) is 2.80. The van der Waals surface area contributed by atoms with Gasteiger partial charge in [-0.3, -0.25) is 13.9 Å². The van der Waals surface area contributed by atoms with E-state index in [1.54, 1.807) is 32.2 Å². The zero-order chi connectivity index (χ0) is 26.3. The lowest BCUT2D eigenvalue weighted by atomic mass is 10.1. The van der Waals surface area contributed by atoms with Crippen molar-refractivity contribution in [2.24, 2.45) is 0 Å². The third kappa shape index (κ3) is 7.71. The number of hydrogen-bond donors (Lipinski definition) is 1. The molecule has 0 radical (unpaired) electrons. The highest BCUT2D eigenvalue weighted by molar-refractivity contribution is 7.92. The number of ether oxygens (including phenoxy) is 1. The van der Waals surface area contributed by atoms with Gasteiger partial charge in [0.05, 0.1) is 19.1 Å². The molecule has 1 N–H and O–H groups in total. The van der Waals surface area contributed by atoms with E-state index in [2.05, 4.69) is 5.32 Å². The van der Waals surface area contributed by atoms with Crippen LogP contribution >= 0.6 is 0 Å². The van der Waals surface area contributed by atoms with E-state index in [0.29, 0.717) is 11.4 Å². The maximum absolute atomic E-state index is 13.6. The van der Waals surface area contributed by atoms with Gasteiger partial charge in [0.15, 0.2) is 0 Å². The van der Waals surface area contributed by atoms with Crippen molar-refractivity contribution in [2.45, 2.75) is 59.7 Å². The van der Waals surface area contributed by atoms with Gasteiger partial charge in [-0.25, -0.2) is 8.42 Å². The van der Waals surface area contributed by atoms with Crippen LogP contribution in [0.3, 0.4) is 0 Å². The number of carbonyl (C=O) groups is 2. The van der Waals surface area contributed by atoms with E-state index in [9.17, 15) is 18.0 Å². The monoisotopic (exact) mass is 503 g/mol. The first-order valence-corrected chi connectivity index (χ1v) is 13.5. The minimum atomic E-state index is -3.76. The number of nitrogens with zero attached hydrogens (tertiary/aromatic N) is 2. The zero-order valence-corrected chi connectivity index (χ0v) is 22.5. The molecule has 0 aromatic heterocycles. The van der Waals surface area contributed by atoms with Gasteiger partial charge in [0.1, 0.15) is 18.3 Å². The Morgan fingerprint density at radius 1 is 1.06 bits per heavy atom. The van der Waals surface area contributed by atoms with Gasteiger partial charge in [-0.05, 0) is 63.4 Å². The van der Waals surface area contributed by atoms with E-state index in [-0.39, 0.29) is 18.5 Å². The topological polar surface area (TPSA) is 96.0 Å². The number of benzene rings is 2. The second kappa shape index (κ2) is 12.1. The van der Waals surface area contributed by atoms with Gasteiger partial charge >= 0.3 is 0 Å². The molecule has 0 aliphatic rings. The summed E-state index contributed by atoms with van der Waals surface area (Å²) in [6.07, 6.45) is 1.83. The van der Waals surface area contributed by atoms with Gasteiger partial charge in [-0.1, -0.05) is 36.8 Å². The summed E-state index contributed by atoms with van der Waals surface area (Å²) in [5, 5.41) is 2.91. The summed E-state index contributed by atoms with van der Waals surface area (Å²) in [6.45, 7) is 8.96. The summed E-state index contributed by atoms with van der Waals surface area (Å²) in [4.78, 5) is 27.9.